The summed E-state index contributed by atoms with van der Waals surface area (Å²) in [6, 6.07) is 6.25. The Hall–Kier alpha value is -0.800. The zero-order valence-corrected chi connectivity index (χ0v) is 13.0. The highest BCUT2D eigenvalue weighted by Crippen LogP contribution is 2.32. The van der Waals surface area contributed by atoms with E-state index in [0.29, 0.717) is 16.1 Å². The van der Waals surface area contributed by atoms with Gasteiger partial charge in [0.2, 0.25) is 0 Å². The molecule has 1 aliphatic rings. The van der Waals surface area contributed by atoms with Crippen LogP contribution < -0.4 is 11.1 Å². The lowest BCUT2D eigenvalue weighted by Crippen LogP contribution is -2.31. The van der Waals surface area contributed by atoms with Crippen LogP contribution in [0.25, 0.3) is 0 Å². The number of nitrogens with two attached hydrogens (primary N) is 1. The lowest BCUT2D eigenvalue weighted by atomic mass is 9.79. The molecule has 0 radical (unpaired) electrons. The number of rotatable bonds is 3. The van der Waals surface area contributed by atoms with Gasteiger partial charge in [-0.2, -0.15) is 0 Å². The molecule has 0 spiro atoms. The first-order valence-corrected chi connectivity index (χ1v) is 7.62. The fraction of sp³-hybridized carbons (Fsp3) is 0.533. The third kappa shape index (κ3) is 3.40. The molecule has 19 heavy (non-hydrogen) atoms. The number of benzene rings is 1. The predicted octanol–water partition coefficient (Wildman–Crippen LogP) is 4.21. The number of hydrogen-bond acceptors (Lipinski definition) is 2. The molecule has 1 aromatic rings. The molecule has 0 bridgehead atoms. The average Bonchev–Trinajstić information content (AvgIpc) is 2.33. The van der Waals surface area contributed by atoms with Gasteiger partial charge in [-0.3, -0.25) is 0 Å². The van der Waals surface area contributed by atoms with Crippen molar-refractivity contribution in [3.63, 3.8) is 0 Å². The Kier molecular flexibility index (Phi) is 4.69. The normalized spacial score (nSPS) is 27.0. The Labute approximate surface area is 125 Å². The van der Waals surface area contributed by atoms with E-state index in [4.69, 9.17) is 29.6 Å². The highest BCUT2D eigenvalue weighted by atomic mass is 35.5. The van der Waals surface area contributed by atoms with Crippen molar-refractivity contribution in [2.45, 2.75) is 39.2 Å². The van der Waals surface area contributed by atoms with E-state index in [-0.39, 0.29) is 0 Å². The highest BCUT2D eigenvalue weighted by Gasteiger charge is 2.25. The lowest BCUT2D eigenvalue weighted by Gasteiger charge is -2.33. The Morgan fingerprint density at radius 1 is 1.32 bits per heavy atom. The summed E-state index contributed by atoms with van der Waals surface area (Å²) in [5.41, 5.74) is 7.51. The predicted molar refractivity (Wildman–Crippen MR) is 86.9 cm³/mol. The summed E-state index contributed by atoms with van der Waals surface area (Å²) in [6.45, 7) is 4.66. The Morgan fingerprint density at radius 3 is 2.68 bits per heavy atom. The van der Waals surface area contributed by atoms with Crippen LogP contribution >= 0.6 is 23.8 Å². The molecule has 0 aliphatic heterocycles. The van der Waals surface area contributed by atoms with E-state index in [0.717, 1.165) is 23.1 Å². The van der Waals surface area contributed by atoms with E-state index in [9.17, 15) is 0 Å². The average molecular weight is 297 g/mol. The molecule has 1 fully saturated rings. The Balaban J connectivity index is 2.15. The van der Waals surface area contributed by atoms with Crippen molar-refractivity contribution in [1.82, 2.24) is 0 Å². The number of hydrogen-bond donors (Lipinski definition) is 2. The second-order valence-electron chi connectivity index (χ2n) is 5.64. The summed E-state index contributed by atoms with van der Waals surface area (Å²) in [7, 11) is 0. The van der Waals surface area contributed by atoms with E-state index >= 15 is 0 Å². The topological polar surface area (TPSA) is 38.0 Å². The van der Waals surface area contributed by atoms with Gasteiger partial charge >= 0.3 is 0 Å². The van der Waals surface area contributed by atoms with Gasteiger partial charge in [-0.05, 0) is 43.2 Å². The summed E-state index contributed by atoms with van der Waals surface area (Å²) in [6.07, 6.45) is 3.64. The maximum Gasteiger partial charge on any atom is 0.107 e. The molecule has 0 aromatic heterocycles. The molecule has 1 aromatic carbocycles. The zero-order valence-electron chi connectivity index (χ0n) is 11.4. The van der Waals surface area contributed by atoms with Gasteiger partial charge in [0, 0.05) is 11.7 Å². The maximum absolute atomic E-state index is 6.19. The van der Waals surface area contributed by atoms with E-state index in [2.05, 4.69) is 19.2 Å². The van der Waals surface area contributed by atoms with Gasteiger partial charge < -0.3 is 11.1 Å². The summed E-state index contributed by atoms with van der Waals surface area (Å²) >= 11 is 11.3. The van der Waals surface area contributed by atoms with Crippen LogP contribution in [0, 0.1) is 11.8 Å². The van der Waals surface area contributed by atoms with E-state index in [1.54, 1.807) is 0 Å². The molecular formula is C15H21ClN2S. The van der Waals surface area contributed by atoms with Gasteiger partial charge in [-0.25, -0.2) is 0 Å². The second kappa shape index (κ2) is 6.10. The molecule has 3 N–H and O–H groups in total. The fourth-order valence-corrected chi connectivity index (χ4v) is 3.35. The number of halogens is 1. The third-order valence-corrected chi connectivity index (χ3v) is 4.74. The van der Waals surface area contributed by atoms with Crippen LogP contribution in [0.2, 0.25) is 5.02 Å². The van der Waals surface area contributed by atoms with E-state index < -0.39 is 0 Å². The van der Waals surface area contributed by atoms with E-state index in [1.807, 2.05) is 18.2 Å². The van der Waals surface area contributed by atoms with Crippen LogP contribution in [0.15, 0.2) is 18.2 Å². The summed E-state index contributed by atoms with van der Waals surface area (Å²) < 4.78 is 0. The minimum Gasteiger partial charge on any atom is -0.389 e. The first-order chi connectivity index (χ1) is 8.99. The lowest BCUT2D eigenvalue weighted by molar-refractivity contribution is 0.261. The molecule has 3 unspecified atom stereocenters. The van der Waals surface area contributed by atoms with Gasteiger partial charge in [0.05, 0.1) is 10.6 Å². The van der Waals surface area contributed by atoms with Crippen LogP contribution in [0.5, 0.6) is 0 Å². The standard InChI is InChI=1S/C15H21ClN2S/c1-9-6-7-11(8-10(9)2)18-13-5-3-4-12(16)14(13)15(17)19/h3-5,9-11,18H,6-8H2,1-2H3,(H2,17,19). The molecule has 104 valence electrons. The van der Waals surface area contributed by atoms with Crippen molar-refractivity contribution in [3.05, 3.63) is 28.8 Å². The molecule has 2 rings (SSSR count). The largest absolute Gasteiger partial charge is 0.389 e. The van der Waals surface area contributed by atoms with Crippen LogP contribution in [-0.2, 0) is 0 Å². The molecule has 4 heteroatoms. The van der Waals surface area contributed by atoms with Crippen molar-refractivity contribution in [3.8, 4) is 0 Å². The van der Waals surface area contributed by atoms with Crippen molar-refractivity contribution >= 4 is 34.5 Å². The summed E-state index contributed by atoms with van der Waals surface area (Å²) in [5, 5.41) is 4.19. The van der Waals surface area contributed by atoms with Crippen LogP contribution in [0.4, 0.5) is 5.69 Å². The van der Waals surface area contributed by atoms with Gasteiger partial charge in [0.25, 0.3) is 0 Å². The summed E-state index contributed by atoms with van der Waals surface area (Å²) in [5.74, 6) is 1.56. The summed E-state index contributed by atoms with van der Waals surface area (Å²) in [4.78, 5) is 0.352. The van der Waals surface area contributed by atoms with Gasteiger partial charge in [0.1, 0.15) is 4.99 Å². The Morgan fingerprint density at radius 2 is 2.05 bits per heavy atom. The third-order valence-electron chi connectivity index (χ3n) is 4.22. The Bertz CT molecular complexity index is 475. The molecule has 2 nitrogen and oxygen atoms in total. The van der Waals surface area contributed by atoms with Crippen LogP contribution in [0.1, 0.15) is 38.7 Å². The smallest absolute Gasteiger partial charge is 0.107 e. The van der Waals surface area contributed by atoms with Crippen molar-refractivity contribution in [2.24, 2.45) is 17.6 Å². The number of thiocarbonyl (C=S) groups is 1. The van der Waals surface area contributed by atoms with E-state index in [1.165, 1.54) is 19.3 Å². The molecular weight excluding hydrogens is 276 g/mol. The number of nitrogens with one attached hydrogen (secondary N) is 1. The van der Waals surface area contributed by atoms with Gasteiger partial charge in [0.15, 0.2) is 0 Å². The molecule has 0 amide bonds. The van der Waals surface area contributed by atoms with Crippen LogP contribution in [-0.4, -0.2) is 11.0 Å². The quantitative estimate of drug-likeness (QED) is 0.821. The molecule has 1 aliphatic carbocycles. The van der Waals surface area contributed by atoms with Gasteiger partial charge in [-0.1, -0.05) is 43.7 Å². The molecule has 3 atom stereocenters. The fourth-order valence-electron chi connectivity index (χ4n) is 2.79. The minimum absolute atomic E-state index is 0.352. The monoisotopic (exact) mass is 296 g/mol. The van der Waals surface area contributed by atoms with Crippen LogP contribution in [0.3, 0.4) is 0 Å². The van der Waals surface area contributed by atoms with Crippen molar-refractivity contribution in [1.29, 1.82) is 0 Å². The molecule has 0 heterocycles. The maximum atomic E-state index is 6.19. The molecule has 1 saturated carbocycles. The van der Waals surface area contributed by atoms with Gasteiger partial charge in [-0.15, -0.1) is 0 Å². The highest BCUT2D eigenvalue weighted by molar-refractivity contribution is 7.80. The first kappa shape index (κ1) is 14.6. The minimum atomic E-state index is 0.352. The molecule has 0 saturated heterocycles. The SMILES string of the molecule is CC1CCC(Nc2cccc(Cl)c2C(N)=S)CC1C. The zero-order chi connectivity index (χ0) is 14.0. The second-order valence-corrected chi connectivity index (χ2v) is 6.48. The van der Waals surface area contributed by atoms with Crippen molar-refractivity contribution < 1.29 is 0 Å². The number of anilines is 1. The first-order valence-electron chi connectivity index (χ1n) is 6.84. The van der Waals surface area contributed by atoms with Crippen molar-refractivity contribution in [2.75, 3.05) is 5.32 Å².